The van der Waals surface area contributed by atoms with E-state index in [-0.39, 0.29) is 0 Å². The molecule has 1 unspecified atom stereocenters. The largest absolute Gasteiger partial charge is 0.424 e. The van der Waals surface area contributed by atoms with Gasteiger partial charge in [0.05, 0.1) is 19.0 Å². The van der Waals surface area contributed by atoms with Crippen LogP contribution >= 0.6 is 0 Å². The van der Waals surface area contributed by atoms with Crippen molar-refractivity contribution in [3.63, 3.8) is 0 Å². The van der Waals surface area contributed by atoms with Crippen LogP contribution in [0.15, 0.2) is 41.1 Å². The molecule has 124 valence electrons. The van der Waals surface area contributed by atoms with Crippen LogP contribution in [0.5, 0.6) is 0 Å². The minimum absolute atomic E-state index is 0.312. The summed E-state index contributed by atoms with van der Waals surface area (Å²) < 4.78 is 5.88. The summed E-state index contributed by atoms with van der Waals surface area (Å²) in [5.74, 6) is 2.37. The molecule has 2 aromatic heterocycles. The molecule has 0 aliphatic carbocycles. The van der Waals surface area contributed by atoms with Gasteiger partial charge in [-0.1, -0.05) is 24.3 Å². The van der Waals surface area contributed by atoms with E-state index >= 15 is 0 Å². The molecule has 0 radical (unpaired) electrons. The highest BCUT2D eigenvalue weighted by Crippen LogP contribution is 2.30. The van der Waals surface area contributed by atoms with Gasteiger partial charge >= 0.3 is 0 Å². The lowest BCUT2D eigenvalue weighted by Gasteiger charge is -2.20. The first kappa shape index (κ1) is 15.1. The molecule has 1 aliphatic rings. The zero-order valence-corrected chi connectivity index (χ0v) is 13.8. The van der Waals surface area contributed by atoms with Gasteiger partial charge in [-0.05, 0) is 37.4 Å². The SMILES string of the molecule is Cc1ccccc1Cc1nnc(CN2CCCC2c2ncc[nH]2)o1. The zero-order valence-electron chi connectivity index (χ0n) is 13.8. The van der Waals surface area contributed by atoms with Crippen molar-refractivity contribution >= 4 is 0 Å². The van der Waals surface area contributed by atoms with Crippen molar-refractivity contribution in [3.05, 3.63) is 65.4 Å². The van der Waals surface area contributed by atoms with Crippen molar-refractivity contribution in [2.75, 3.05) is 6.54 Å². The second-order valence-electron chi connectivity index (χ2n) is 6.30. The topological polar surface area (TPSA) is 70.8 Å². The Bertz CT molecular complexity index is 795. The number of aromatic nitrogens is 4. The molecular formula is C18H21N5O. The third kappa shape index (κ3) is 3.10. The van der Waals surface area contributed by atoms with Crippen LogP contribution < -0.4 is 0 Å². The molecule has 3 heterocycles. The summed E-state index contributed by atoms with van der Waals surface area (Å²) in [6, 6.07) is 8.60. The Morgan fingerprint density at radius 2 is 2.12 bits per heavy atom. The van der Waals surface area contributed by atoms with Gasteiger partial charge in [0.25, 0.3) is 0 Å². The van der Waals surface area contributed by atoms with Gasteiger partial charge in [-0.3, -0.25) is 4.90 Å². The maximum absolute atomic E-state index is 5.88. The Hall–Kier alpha value is -2.47. The molecule has 24 heavy (non-hydrogen) atoms. The Balaban J connectivity index is 1.44. The van der Waals surface area contributed by atoms with Crippen molar-refractivity contribution in [1.29, 1.82) is 0 Å². The molecule has 1 N–H and O–H groups in total. The summed E-state index contributed by atoms with van der Waals surface area (Å²) in [6.45, 7) is 3.80. The van der Waals surface area contributed by atoms with E-state index in [1.807, 2.05) is 18.3 Å². The van der Waals surface area contributed by atoms with Crippen LogP contribution in [0.1, 0.15) is 47.6 Å². The van der Waals surface area contributed by atoms with Crippen LogP contribution in [-0.4, -0.2) is 31.6 Å². The highest BCUT2D eigenvalue weighted by Gasteiger charge is 2.29. The Kier molecular flexibility index (Phi) is 4.13. The lowest BCUT2D eigenvalue weighted by molar-refractivity contribution is 0.215. The first-order valence-electron chi connectivity index (χ1n) is 8.38. The second-order valence-corrected chi connectivity index (χ2v) is 6.30. The fourth-order valence-electron chi connectivity index (χ4n) is 3.35. The second kappa shape index (κ2) is 6.57. The van der Waals surface area contributed by atoms with Crippen LogP contribution in [-0.2, 0) is 13.0 Å². The van der Waals surface area contributed by atoms with E-state index < -0.39 is 0 Å². The third-order valence-corrected chi connectivity index (χ3v) is 4.65. The maximum atomic E-state index is 5.88. The van der Waals surface area contributed by atoms with Crippen LogP contribution in [0.3, 0.4) is 0 Å². The lowest BCUT2D eigenvalue weighted by atomic mass is 10.1. The van der Waals surface area contributed by atoms with Crippen molar-refractivity contribution in [1.82, 2.24) is 25.1 Å². The van der Waals surface area contributed by atoms with Gasteiger partial charge in [0.15, 0.2) is 0 Å². The Labute approximate surface area is 140 Å². The first-order chi connectivity index (χ1) is 11.8. The first-order valence-corrected chi connectivity index (χ1v) is 8.38. The molecule has 1 saturated heterocycles. The summed E-state index contributed by atoms with van der Waals surface area (Å²) in [4.78, 5) is 9.97. The van der Waals surface area contributed by atoms with Crippen LogP contribution in [0, 0.1) is 6.92 Å². The molecular weight excluding hydrogens is 302 g/mol. The van der Waals surface area contributed by atoms with Gasteiger partial charge in [0, 0.05) is 12.4 Å². The predicted octanol–water partition coefficient (Wildman–Crippen LogP) is 3.03. The minimum atomic E-state index is 0.312. The van der Waals surface area contributed by atoms with Gasteiger partial charge < -0.3 is 9.40 Å². The number of imidazole rings is 1. The number of aryl methyl sites for hydroxylation is 1. The third-order valence-electron chi connectivity index (χ3n) is 4.65. The van der Waals surface area contributed by atoms with E-state index in [1.54, 1.807) is 6.20 Å². The predicted molar refractivity (Wildman–Crippen MR) is 89.3 cm³/mol. The van der Waals surface area contributed by atoms with Gasteiger partial charge in [-0.15, -0.1) is 10.2 Å². The van der Waals surface area contributed by atoms with Crippen molar-refractivity contribution in [2.45, 2.75) is 38.8 Å². The number of rotatable bonds is 5. The highest BCUT2D eigenvalue weighted by molar-refractivity contribution is 5.27. The van der Waals surface area contributed by atoms with Gasteiger partial charge in [0.1, 0.15) is 5.82 Å². The monoisotopic (exact) mass is 323 g/mol. The summed E-state index contributed by atoms with van der Waals surface area (Å²) in [6.07, 6.45) is 6.63. The van der Waals surface area contributed by atoms with Gasteiger partial charge in [0.2, 0.25) is 11.8 Å². The molecule has 0 saturated carbocycles. The van der Waals surface area contributed by atoms with E-state index in [0.717, 1.165) is 25.2 Å². The molecule has 1 fully saturated rings. The van der Waals surface area contributed by atoms with Crippen LogP contribution in [0.4, 0.5) is 0 Å². The van der Waals surface area contributed by atoms with E-state index in [9.17, 15) is 0 Å². The smallest absolute Gasteiger partial charge is 0.230 e. The summed E-state index contributed by atoms with van der Waals surface area (Å²) >= 11 is 0. The molecule has 4 rings (SSSR count). The quantitative estimate of drug-likeness (QED) is 0.781. The summed E-state index contributed by atoms with van der Waals surface area (Å²) in [5, 5.41) is 8.45. The summed E-state index contributed by atoms with van der Waals surface area (Å²) in [7, 11) is 0. The molecule has 1 aliphatic heterocycles. The van der Waals surface area contributed by atoms with E-state index in [1.165, 1.54) is 11.1 Å². The van der Waals surface area contributed by atoms with Crippen molar-refractivity contribution < 1.29 is 4.42 Å². The molecule has 1 atom stereocenters. The molecule has 0 bridgehead atoms. The van der Waals surface area contributed by atoms with Gasteiger partial charge in [-0.2, -0.15) is 0 Å². The van der Waals surface area contributed by atoms with Crippen molar-refractivity contribution in [2.24, 2.45) is 0 Å². The standard InChI is InChI=1S/C18H21N5O/c1-13-5-2-3-6-14(13)11-16-21-22-17(24-16)12-23-10-4-7-15(23)18-19-8-9-20-18/h2-3,5-6,8-9,15H,4,7,10-12H2,1H3,(H,19,20). The number of hydrogen-bond acceptors (Lipinski definition) is 5. The number of likely N-dealkylation sites (tertiary alicyclic amines) is 1. The number of H-pyrrole nitrogens is 1. The lowest BCUT2D eigenvalue weighted by Crippen LogP contribution is -2.23. The van der Waals surface area contributed by atoms with Crippen LogP contribution in [0.2, 0.25) is 0 Å². The molecule has 1 aromatic carbocycles. The molecule has 0 spiro atoms. The maximum Gasteiger partial charge on any atom is 0.230 e. The van der Waals surface area contributed by atoms with Crippen LogP contribution in [0.25, 0.3) is 0 Å². The number of benzene rings is 1. The average molecular weight is 323 g/mol. The van der Waals surface area contributed by atoms with E-state index in [2.05, 4.69) is 44.1 Å². The Morgan fingerprint density at radius 1 is 1.25 bits per heavy atom. The fraction of sp³-hybridized carbons (Fsp3) is 0.389. The van der Waals surface area contributed by atoms with Gasteiger partial charge in [-0.25, -0.2) is 4.98 Å². The molecule has 6 heteroatoms. The average Bonchev–Trinajstić information content (AvgIpc) is 3.32. The Morgan fingerprint density at radius 3 is 2.96 bits per heavy atom. The molecule has 6 nitrogen and oxygen atoms in total. The number of nitrogens with zero attached hydrogens (tertiary/aromatic N) is 4. The minimum Gasteiger partial charge on any atom is -0.424 e. The fourth-order valence-corrected chi connectivity index (χ4v) is 3.35. The number of aromatic amines is 1. The zero-order chi connectivity index (χ0) is 16.4. The van der Waals surface area contributed by atoms with E-state index in [4.69, 9.17) is 4.42 Å². The normalized spacial score (nSPS) is 18.3. The summed E-state index contributed by atoms with van der Waals surface area (Å²) in [5.41, 5.74) is 2.47. The van der Waals surface area contributed by atoms with Crippen molar-refractivity contribution in [3.8, 4) is 0 Å². The highest BCUT2D eigenvalue weighted by atomic mass is 16.4. The number of nitrogens with one attached hydrogen (secondary N) is 1. The number of hydrogen-bond donors (Lipinski definition) is 1. The molecule has 0 amide bonds. The molecule has 3 aromatic rings. The van der Waals surface area contributed by atoms with E-state index in [0.29, 0.717) is 30.8 Å².